The molecule has 0 radical (unpaired) electrons. The molecule has 0 spiro atoms. The van der Waals surface area contributed by atoms with Gasteiger partial charge in [-0.3, -0.25) is 9.79 Å². The molecule has 0 saturated carbocycles. The van der Waals surface area contributed by atoms with E-state index in [1.165, 1.54) is 20.3 Å². The molecule has 0 aromatic heterocycles. The van der Waals surface area contributed by atoms with Crippen molar-refractivity contribution in [2.24, 2.45) is 4.99 Å². The van der Waals surface area contributed by atoms with Gasteiger partial charge in [0, 0.05) is 37.8 Å². The number of carbonyl (C=O) groups is 1. The van der Waals surface area contributed by atoms with Crippen molar-refractivity contribution in [3.63, 3.8) is 0 Å². The number of halogens is 3. The van der Waals surface area contributed by atoms with Crippen LogP contribution in [0.3, 0.4) is 0 Å². The molecule has 35 heavy (non-hydrogen) atoms. The third kappa shape index (κ3) is 7.04. The van der Waals surface area contributed by atoms with Crippen LogP contribution in [0, 0.1) is 0 Å². The van der Waals surface area contributed by atoms with Crippen LogP contribution in [-0.4, -0.2) is 72.9 Å². The van der Waals surface area contributed by atoms with Gasteiger partial charge in [0.05, 0.1) is 28.0 Å². The van der Waals surface area contributed by atoms with Gasteiger partial charge in [-0.05, 0) is 44.4 Å². The zero-order chi connectivity index (χ0) is 26.6. The quantitative estimate of drug-likeness (QED) is 0.378. The fourth-order valence-electron chi connectivity index (χ4n) is 3.67. The summed E-state index contributed by atoms with van der Waals surface area (Å²) in [6.45, 7) is 1.70. The summed E-state index contributed by atoms with van der Waals surface area (Å²) in [6.07, 6.45) is -1.49. The lowest BCUT2D eigenvalue weighted by molar-refractivity contribution is -0.142. The fraction of sp³-hybridized carbons (Fsp3) is 0.524. The zero-order valence-corrected chi connectivity index (χ0v) is 21.3. The smallest absolute Gasteiger partial charge is 0.416 e. The maximum Gasteiger partial charge on any atom is 0.416 e. The zero-order valence-electron chi connectivity index (χ0n) is 19.7. The van der Waals surface area contributed by atoms with Gasteiger partial charge in [0.25, 0.3) is 0 Å². The first-order valence-corrected chi connectivity index (χ1v) is 13.9. The number of alkyl halides is 3. The number of sulfonamides is 1. The molecule has 1 atom stereocenters. The first kappa shape index (κ1) is 28.8. The maximum absolute atomic E-state index is 13.4. The Hall–Kier alpha value is -2.45. The molecular formula is C21H28F3N3O6S2. The predicted octanol–water partition coefficient (Wildman–Crippen LogP) is 2.39. The minimum absolute atomic E-state index is 0.154. The highest BCUT2D eigenvalue weighted by Crippen LogP contribution is 2.35. The molecule has 1 aromatic rings. The van der Waals surface area contributed by atoms with Crippen molar-refractivity contribution in [1.29, 1.82) is 0 Å². The summed E-state index contributed by atoms with van der Waals surface area (Å²) in [7, 11) is -6.02. The van der Waals surface area contributed by atoms with Gasteiger partial charge < -0.3 is 10.1 Å². The van der Waals surface area contributed by atoms with E-state index in [0.29, 0.717) is 48.9 Å². The second-order valence-corrected chi connectivity index (χ2v) is 11.9. The van der Waals surface area contributed by atoms with E-state index >= 15 is 0 Å². The van der Waals surface area contributed by atoms with Crippen LogP contribution in [-0.2, 0) is 35.6 Å². The molecule has 1 N–H and O–H groups in total. The molecule has 1 aromatic carbocycles. The number of sulfone groups is 1. The molecule has 0 saturated heterocycles. The molecule has 0 unspecified atom stereocenters. The number of nitrogens with zero attached hydrogens (tertiary/aromatic N) is 2. The Kier molecular flexibility index (Phi) is 9.11. The van der Waals surface area contributed by atoms with Crippen LogP contribution in [0.1, 0.15) is 31.7 Å². The molecule has 196 valence electrons. The Morgan fingerprint density at radius 2 is 1.86 bits per heavy atom. The van der Waals surface area contributed by atoms with Crippen molar-refractivity contribution in [1.82, 2.24) is 9.62 Å². The minimum Gasteiger partial charge on any atom is -0.465 e. The topological polar surface area (TPSA) is 122 Å². The number of hydrogen-bond donors (Lipinski definition) is 1. The SMILES string of the molecule is CCOC(=O)CNC1=C(C=NC)[C@H](N(C)S(=O)(=O)c2cc(C(F)(F)F)cc(S(C)(=O)=O)c2)CCC1. The van der Waals surface area contributed by atoms with E-state index in [-0.39, 0.29) is 13.2 Å². The molecule has 14 heteroatoms. The minimum atomic E-state index is -4.96. The summed E-state index contributed by atoms with van der Waals surface area (Å²) in [5, 5.41) is 2.94. The number of rotatable bonds is 9. The van der Waals surface area contributed by atoms with Gasteiger partial charge in [-0.2, -0.15) is 17.5 Å². The molecule has 1 aliphatic rings. The van der Waals surface area contributed by atoms with Crippen molar-refractivity contribution in [2.45, 2.75) is 48.2 Å². The molecular weight excluding hydrogens is 511 g/mol. The predicted molar refractivity (Wildman–Crippen MR) is 123 cm³/mol. The Bertz CT molecular complexity index is 1230. The van der Waals surface area contributed by atoms with Gasteiger partial charge in [-0.1, -0.05) is 0 Å². The van der Waals surface area contributed by atoms with E-state index in [1.54, 1.807) is 6.92 Å². The average molecular weight is 540 g/mol. The Balaban J connectivity index is 2.55. The lowest BCUT2D eigenvalue weighted by Gasteiger charge is -2.33. The van der Waals surface area contributed by atoms with Crippen LogP contribution < -0.4 is 5.32 Å². The van der Waals surface area contributed by atoms with Crippen molar-refractivity contribution in [2.75, 3.05) is 33.5 Å². The first-order chi connectivity index (χ1) is 16.1. The Morgan fingerprint density at radius 3 is 2.40 bits per heavy atom. The Morgan fingerprint density at radius 1 is 1.23 bits per heavy atom. The lowest BCUT2D eigenvalue weighted by Crippen LogP contribution is -2.42. The van der Waals surface area contributed by atoms with Crippen LogP contribution in [0.15, 0.2) is 44.3 Å². The molecule has 0 aliphatic heterocycles. The van der Waals surface area contributed by atoms with Gasteiger partial charge >= 0.3 is 12.1 Å². The number of carbonyl (C=O) groups excluding carboxylic acids is 1. The van der Waals surface area contributed by atoms with Crippen molar-refractivity contribution in [3.05, 3.63) is 35.0 Å². The highest BCUT2D eigenvalue weighted by atomic mass is 32.2. The number of aliphatic imine (C=N–C) groups is 1. The number of esters is 1. The summed E-state index contributed by atoms with van der Waals surface area (Å²) in [5.41, 5.74) is -0.383. The number of benzene rings is 1. The van der Waals surface area contributed by atoms with Gasteiger partial charge in [-0.25, -0.2) is 16.8 Å². The number of nitrogens with one attached hydrogen (secondary N) is 1. The van der Waals surface area contributed by atoms with Crippen molar-refractivity contribution in [3.8, 4) is 0 Å². The van der Waals surface area contributed by atoms with Crippen molar-refractivity contribution < 1.29 is 39.5 Å². The third-order valence-corrected chi connectivity index (χ3v) is 8.32. The van der Waals surface area contributed by atoms with Crippen molar-refractivity contribution >= 4 is 32.0 Å². The monoisotopic (exact) mass is 539 g/mol. The van der Waals surface area contributed by atoms with E-state index in [2.05, 4.69) is 10.3 Å². The van der Waals surface area contributed by atoms with Gasteiger partial charge in [0.15, 0.2) is 9.84 Å². The molecule has 0 fully saturated rings. The fourth-order valence-corrected chi connectivity index (χ4v) is 5.86. The summed E-state index contributed by atoms with van der Waals surface area (Å²) in [5.74, 6) is -0.506. The molecule has 2 rings (SSSR count). The largest absolute Gasteiger partial charge is 0.465 e. The van der Waals surface area contributed by atoms with E-state index in [0.717, 1.165) is 10.4 Å². The highest BCUT2D eigenvalue weighted by molar-refractivity contribution is 7.91. The second-order valence-electron chi connectivity index (χ2n) is 7.87. The van der Waals surface area contributed by atoms with Gasteiger partial charge in [0.2, 0.25) is 10.0 Å². The second kappa shape index (κ2) is 11.1. The first-order valence-electron chi connectivity index (χ1n) is 10.6. The van der Waals surface area contributed by atoms with Crippen LogP contribution in [0.4, 0.5) is 13.2 Å². The molecule has 1 aliphatic carbocycles. The highest BCUT2D eigenvalue weighted by Gasteiger charge is 2.37. The van der Waals surface area contributed by atoms with E-state index in [9.17, 15) is 34.8 Å². The Labute approximate surface area is 203 Å². The van der Waals surface area contributed by atoms with E-state index < -0.39 is 53.4 Å². The molecule has 9 nitrogen and oxygen atoms in total. The summed E-state index contributed by atoms with van der Waals surface area (Å²) < 4.78 is 96.8. The molecule has 0 amide bonds. The van der Waals surface area contributed by atoms with Crippen LogP contribution in [0.5, 0.6) is 0 Å². The molecule has 0 heterocycles. The van der Waals surface area contributed by atoms with E-state index in [1.807, 2.05) is 0 Å². The van der Waals surface area contributed by atoms with Crippen LogP contribution >= 0.6 is 0 Å². The maximum atomic E-state index is 13.4. The summed E-state index contributed by atoms with van der Waals surface area (Å²) in [4.78, 5) is 14.2. The summed E-state index contributed by atoms with van der Waals surface area (Å²) in [6, 6.07) is 0.719. The standard InChI is InChI=1S/C21H28F3N3O6S2/c1-5-33-20(28)13-26-18-7-6-8-19(17(18)12-25-2)27(3)35(31,32)16-10-14(21(22,23)24)9-15(11-16)34(4,29)30/h9-12,19,26H,5-8,13H2,1-4H3/t19-/m1/s1. The lowest BCUT2D eigenvalue weighted by atomic mass is 9.92. The summed E-state index contributed by atoms with van der Waals surface area (Å²) >= 11 is 0. The van der Waals surface area contributed by atoms with E-state index in [4.69, 9.17) is 4.74 Å². The van der Waals surface area contributed by atoms with Gasteiger partial charge in [-0.15, -0.1) is 0 Å². The number of likely N-dealkylation sites (N-methyl/N-ethyl adjacent to an activating group) is 1. The average Bonchev–Trinajstić information content (AvgIpc) is 2.76. The normalized spacial score (nSPS) is 17.8. The van der Waals surface area contributed by atoms with Crippen LogP contribution in [0.25, 0.3) is 0 Å². The number of hydrogen-bond acceptors (Lipinski definition) is 8. The molecule has 0 bridgehead atoms. The van der Waals surface area contributed by atoms with Gasteiger partial charge in [0.1, 0.15) is 6.54 Å². The number of ether oxygens (including phenoxy) is 1. The third-order valence-electron chi connectivity index (χ3n) is 5.38. The number of allylic oxidation sites excluding steroid dienone is 1. The van der Waals surface area contributed by atoms with Crippen LogP contribution in [0.2, 0.25) is 0 Å².